The van der Waals surface area contributed by atoms with Gasteiger partial charge >= 0.3 is 0 Å². The summed E-state index contributed by atoms with van der Waals surface area (Å²) >= 11 is 0. The number of carbonyl (C=O) groups is 1. The van der Waals surface area contributed by atoms with Gasteiger partial charge in [-0.05, 0) is 36.6 Å². The van der Waals surface area contributed by atoms with E-state index in [1.165, 1.54) is 0 Å². The van der Waals surface area contributed by atoms with Gasteiger partial charge in [0, 0.05) is 19.0 Å². The number of carbonyl (C=O) groups excluding carboxylic acids is 1. The topological polar surface area (TPSA) is 93.1 Å². The average Bonchev–Trinajstić information content (AvgIpc) is 3.50. The van der Waals surface area contributed by atoms with Crippen molar-refractivity contribution in [2.45, 2.75) is 24.5 Å². The summed E-state index contributed by atoms with van der Waals surface area (Å²) in [5.41, 5.74) is 2.91. The molecule has 2 aromatic carbocycles. The lowest BCUT2D eigenvalue weighted by Crippen LogP contribution is -2.35. The van der Waals surface area contributed by atoms with E-state index < -0.39 is 10.0 Å². The van der Waals surface area contributed by atoms with Crippen LogP contribution in [0, 0.1) is 0 Å². The summed E-state index contributed by atoms with van der Waals surface area (Å²) in [5, 5.41) is 7.41. The molecule has 0 unspecified atom stereocenters. The van der Waals surface area contributed by atoms with Gasteiger partial charge in [0.2, 0.25) is 10.0 Å². The fourth-order valence-corrected chi connectivity index (χ4v) is 4.37. The standard InChI is InChI=1S/C22H24N4O3S/c27-22(23-13-14-24-30(28,29)16-17-7-3-1-4-8-17)21-15-20(18-11-12-18)25-26(21)19-9-5-2-6-10-19/h1-10,15,18,24H,11-14,16H2,(H,23,27). The Morgan fingerprint density at radius 1 is 1.00 bits per heavy atom. The molecule has 0 bridgehead atoms. The second-order valence-corrected chi connectivity index (χ2v) is 9.18. The number of sulfonamides is 1. The van der Waals surface area contributed by atoms with E-state index >= 15 is 0 Å². The quantitative estimate of drug-likeness (QED) is 0.517. The summed E-state index contributed by atoms with van der Waals surface area (Å²) in [7, 11) is -3.47. The highest BCUT2D eigenvalue weighted by atomic mass is 32.2. The summed E-state index contributed by atoms with van der Waals surface area (Å²) < 4.78 is 28.6. The minimum atomic E-state index is -3.47. The summed E-state index contributed by atoms with van der Waals surface area (Å²) in [6.45, 7) is 0.307. The Morgan fingerprint density at radius 3 is 2.33 bits per heavy atom. The maximum absolute atomic E-state index is 12.8. The summed E-state index contributed by atoms with van der Waals surface area (Å²) in [5.74, 6) is 0.0552. The van der Waals surface area contributed by atoms with Crippen LogP contribution in [0.3, 0.4) is 0 Å². The molecule has 0 saturated heterocycles. The maximum atomic E-state index is 12.8. The second-order valence-electron chi connectivity index (χ2n) is 7.37. The first-order valence-electron chi connectivity index (χ1n) is 9.97. The van der Waals surface area contributed by atoms with Crippen molar-refractivity contribution in [1.29, 1.82) is 0 Å². The minimum absolute atomic E-state index is 0.0900. The Bertz CT molecular complexity index is 1110. The van der Waals surface area contributed by atoms with Crippen LogP contribution in [0.1, 0.15) is 40.5 Å². The molecule has 8 heteroatoms. The van der Waals surface area contributed by atoms with E-state index in [4.69, 9.17) is 0 Å². The van der Waals surface area contributed by atoms with Crippen molar-refractivity contribution >= 4 is 15.9 Å². The number of nitrogens with one attached hydrogen (secondary N) is 2. The van der Waals surface area contributed by atoms with Crippen LogP contribution in [0.5, 0.6) is 0 Å². The van der Waals surface area contributed by atoms with Crippen LogP contribution in [-0.4, -0.2) is 37.2 Å². The van der Waals surface area contributed by atoms with Crippen LogP contribution in [0.2, 0.25) is 0 Å². The van der Waals surface area contributed by atoms with E-state index in [-0.39, 0.29) is 24.7 Å². The van der Waals surface area contributed by atoms with E-state index in [1.54, 1.807) is 28.9 Å². The van der Waals surface area contributed by atoms with Crippen molar-refractivity contribution < 1.29 is 13.2 Å². The zero-order chi connectivity index (χ0) is 21.0. The Labute approximate surface area is 176 Å². The molecule has 0 spiro atoms. The Kier molecular flexibility index (Phi) is 5.96. The lowest BCUT2D eigenvalue weighted by atomic mass is 10.2. The fraction of sp³-hybridized carbons (Fsp3) is 0.273. The highest BCUT2D eigenvalue weighted by Crippen LogP contribution is 2.39. The normalized spacial score (nSPS) is 13.9. The monoisotopic (exact) mass is 424 g/mol. The zero-order valence-corrected chi connectivity index (χ0v) is 17.3. The van der Waals surface area contributed by atoms with Crippen LogP contribution in [0.25, 0.3) is 5.69 Å². The van der Waals surface area contributed by atoms with Crippen molar-refractivity contribution in [3.8, 4) is 5.69 Å². The largest absolute Gasteiger partial charge is 0.349 e. The summed E-state index contributed by atoms with van der Waals surface area (Å²) in [6, 6.07) is 20.3. The molecule has 1 aliphatic rings. The van der Waals surface area contributed by atoms with Gasteiger partial charge < -0.3 is 5.32 Å². The van der Waals surface area contributed by atoms with Gasteiger partial charge in [-0.3, -0.25) is 4.79 Å². The van der Waals surface area contributed by atoms with E-state index in [0.717, 1.165) is 24.2 Å². The van der Waals surface area contributed by atoms with E-state index in [9.17, 15) is 13.2 Å². The predicted molar refractivity (Wildman–Crippen MR) is 115 cm³/mol. The molecule has 7 nitrogen and oxygen atoms in total. The zero-order valence-electron chi connectivity index (χ0n) is 16.5. The smallest absolute Gasteiger partial charge is 0.270 e. The predicted octanol–water partition coefficient (Wildman–Crippen LogP) is 2.60. The van der Waals surface area contributed by atoms with E-state index in [1.807, 2.05) is 42.5 Å². The molecule has 0 aliphatic heterocycles. The highest BCUT2D eigenvalue weighted by molar-refractivity contribution is 7.88. The molecule has 0 radical (unpaired) electrons. The van der Waals surface area contributed by atoms with Crippen LogP contribution < -0.4 is 10.0 Å². The molecule has 4 rings (SSSR count). The molecule has 30 heavy (non-hydrogen) atoms. The number of amides is 1. The summed E-state index contributed by atoms with van der Waals surface area (Å²) in [6.07, 6.45) is 2.19. The van der Waals surface area contributed by atoms with Gasteiger partial charge in [0.1, 0.15) is 5.69 Å². The Morgan fingerprint density at radius 2 is 1.67 bits per heavy atom. The second kappa shape index (κ2) is 8.81. The molecule has 2 N–H and O–H groups in total. The van der Waals surface area contributed by atoms with Crippen LogP contribution in [0.4, 0.5) is 0 Å². The van der Waals surface area contributed by atoms with Gasteiger partial charge in [-0.15, -0.1) is 0 Å². The van der Waals surface area contributed by atoms with Gasteiger partial charge in [0.05, 0.1) is 17.1 Å². The lowest BCUT2D eigenvalue weighted by Gasteiger charge is -2.09. The molecule has 1 aromatic heterocycles. The summed E-state index contributed by atoms with van der Waals surface area (Å²) in [4.78, 5) is 12.8. The molecular weight excluding hydrogens is 400 g/mol. The number of benzene rings is 2. The van der Waals surface area contributed by atoms with Gasteiger partial charge in [0.25, 0.3) is 5.91 Å². The number of hydrogen-bond donors (Lipinski definition) is 2. The molecule has 3 aromatic rings. The molecule has 1 heterocycles. The van der Waals surface area contributed by atoms with Crippen molar-refractivity contribution in [2.75, 3.05) is 13.1 Å². The van der Waals surface area contributed by atoms with Crippen molar-refractivity contribution in [1.82, 2.24) is 19.8 Å². The van der Waals surface area contributed by atoms with Crippen molar-refractivity contribution in [3.63, 3.8) is 0 Å². The first kappa shape index (κ1) is 20.3. The average molecular weight is 425 g/mol. The first-order valence-corrected chi connectivity index (χ1v) is 11.6. The molecule has 1 saturated carbocycles. The van der Waals surface area contributed by atoms with Crippen molar-refractivity contribution in [2.24, 2.45) is 0 Å². The SMILES string of the molecule is O=C(NCCNS(=O)(=O)Cc1ccccc1)c1cc(C2CC2)nn1-c1ccccc1. The van der Waals surface area contributed by atoms with Gasteiger partial charge in [-0.1, -0.05) is 48.5 Å². The molecule has 1 amide bonds. The first-order chi connectivity index (χ1) is 14.5. The molecular formula is C22H24N4O3S. The molecule has 156 valence electrons. The number of rotatable bonds is 9. The van der Waals surface area contributed by atoms with Crippen molar-refractivity contribution in [3.05, 3.63) is 83.7 Å². The van der Waals surface area contributed by atoms with Gasteiger partial charge in [-0.25, -0.2) is 17.8 Å². The highest BCUT2D eigenvalue weighted by Gasteiger charge is 2.29. The number of hydrogen-bond acceptors (Lipinski definition) is 4. The number of aromatic nitrogens is 2. The lowest BCUT2D eigenvalue weighted by molar-refractivity contribution is 0.0946. The van der Waals surface area contributed by atoms with Crippen LogP contribution in [0.15, 0.2) is 66.7 Å². The van der Waals surface area contributed by atoms with Crippen LogP contribution in [-0.2, 0) is 15.8 Å². The third kappa shape index (κ3) is 5.14. The molecule has 1 aliphatic carbocycles. The third-order valence-electron chi connectivity index (χ3n) is 4.89. The van der Waals surface area contributed by atoms with E-state index in [2.05, 4.69) is 15.1 Å². The van der Waals surface area contributed by atoms with Gasteiger partial charge in [-0.2, -0.15) is 5.10 Å². The number of nitrogens with zero attached hydrogens (tertiary/aromatic N) is 2. The Balaban J connectivity index is 1.36. The molecule has 1 fully saturated rings. The minimum Gasteiger partial charge on any atom is -0.349 e. The van der Waals surface area contributed by atoms with Gasteiger partial charge in [0.15, 0.2) is 0 Å². The maximum Gasteiger partial charge on any atom is 0.270 e. The van der Waals surface area contributed by atoms with E-state index in [0.29, 0.717) is 17.2 Å². The Hall–Kier alpha value is -2.97. The fourth-order valence-electron chi connectivity index (χ4n) is 3.22. The number of para-hydroxylation sites is 1. The third-order valence-corrected chi connectivity index (χ3v) is 6.25. The molecule has 0 atom stereocenters. The van der Waals surface area contributed by atoms with Crippen LogP contribution >= 0.6 is 0 Å².